The third-order valence-corrected chi connectivity index (χ3v) is 7.34. The van der Waals surface area contributed by atoms with E-state index in [2.05, 4.69) is 9.97 Å². The van der Waals surface area contributed by atoms with Gasteiger partial charge in [-0.05, 0) is 43.2 Å². The van der Waals surface area contributed by atoms with Gasteiger partial charge in [0.05, 0.1) is 33.2 Å². The lowest BCUT2D eigenvalue weighted by Crippen LogP contribution is -2.35. The summed E-state index contributed by atoms with van der Waals surface area (Å²) in [6.07, 6.45) is 2.50. The van der Waals surface area contributed by atoms with E-state index in [0.29, 0.717) is 24.4 Å². The number of rotatable bonds is 4. The smallest absolute Gasteiger partial charge is 0.267 e. The molecule has 2 N–H and O–H groups in total. The molecule has 31 heavy (non-hydrogen) atoms. The van der Waals surface area contributed by atoms with Crippen LogP contribution in [0.4, 0.5) is 4.39 Å². The molecule has 1 aliphatic heterocycles. The van der Waals surface area contributed by atoms with E-state index in [1.54, 1.807) is 34.5 Å². The maximum Gasteiger partial charge on any atom is 0.276 e. The van der Waals surface area contributed by atoms with Crippen LogP contribution in [0.3, 0.4) is 0 Å². The van der Waals surface area contributed by atoms with E-state index in [1.807, 2.05) is 24.4 Å². The van der Waals surface area contributed by atoms with E-state index in [-0.39, 0.29) is 24.1 Å². The van der Waals surface area contributed by atoms with E-state index in [9.17, 15) is 12.8 Å². The summed E-state index contributed by atoms with van der Waals surface area (Å²) in [5, 5.41) is 10.0. The third-order valence-electron chi connectivity index (χ3n) is 5.50. The monoisotopic (exact) mass is 458 g/mol. The van der Waals surface area contributed by atoms with Crippen LogP contribution in [0.25, 0.3) is 32.7 Å². The molecule has 4 heterocycles. The number of nitrogens with zero attached hydrogens (tertiary/aromatic N) is 5. The van der Waals surface area contributed by atoms with Gasteiger partial charge in [0.2, 0.25) is 0 Å². The van der Waals surface area contributed by atoms with Crippen LogP contribution in [0.15, 0.2) is 42.0 Å². The second-order valence-corrected chi connectivity index (χ2v) is 9.95. The Kier molecular flexibility index (Phi) is 4.85. The van der Waals surface area contributed by atoms with Crippen molar-refractivity contribution in [3.8, 4) is 22.5 Å². The zero-order chi connectivity index (χ0) is 21.8. The molecule has 1 aromatic carbocycles. The summed E-state index contributed by atoms with van der Waals surface area (Å²) >= 11 is 1.55. The second-order valence-electron chi connectivity index (χ2n) is 7.52. The lowest BCUT2D eigenvalue weighted by molar-refractivity contribution is 0.435. The average molecular weight is 459 g/mol. The molecule has 1 atom stereocenters. The van der Waals surface area contributed by atoms with Gasteiger partial charge in [0.25, 0.3) is 10.2 Å². The summed E-state index contributed by atoms with van der Waals surface area (Å²) in [6.45, 7) is 2.21. The third kappa shape index (κ3) is 3.74. The predicted molar refractivity (Wildman–Crippen MR) is 117 cm³/mol. The van der Waals surface area contributed by atoms with Gasteiger partial charge in [0.15, 0.2) is 0 Å². The number of aromatic nitrogens is 4. The van der Waals surface area contributed by atoms with Crippen molar-refractivity contribution >= 4 is 31.8 Å². The number of nitrogens with two attached hydrogens (primary N) is 1. The highest BCUT2D eigenvalue weighted by atomic mass is 32.2. The molecule has 5 rings (SSSR count). The topological polar surface area (TPSA) is 107 Å². The van der Waals surface area contributed by atoms with Gasteiger partial charge in [-0.25, -0.2) is 19.5 Å². The molecule has 0 spiro atoms. The average Bonchev–Trinajstić information content (AvgIpc) is 3.47. The molecular formula is C20H19FN6O2S2. The number of benzene rings is 1. The lowest BCUT2D eigenvalue weighted by atomic mass is 10.0. The Morgan fingerprint density at radius 2 is 2.10 bits per heavy atom. The SMILES string of the molecule is Cc1nc(-c2nn([C@@H]3CCN(S(N)(=O)=O)C3)cc2-c2ccc3ncsc3c2)ccc1F. The number of fused-ring (bicyclic) bond motifs is 1. The molecule has 0 radical (unpaired) electrons. The number of aryl methyl sites for hydroxylation is 1. The lowest BCUT2D eigenvalue weighted by Gasteiger charge is -2.13. The van der Waals surface area contributed by atoms with Crippen molar-refractivity contribution in [2.75, 3.05) is 13.1 Å². The van der Waals surface area contributed by atoms with E-state index < -0.39 is 10.2 Å². The van der Waals surface area contributed by atoms with Crippen molar-refractivity contribution in [3.05, 3.63) is 53.6 Å². The van der Waals surface area contributed by atoms with Crippen molar-refractivity contribution in [3.63, 3.8) is 0 Å². The fourth-order valence-electron chi connectivity index (χ4n) is 3.84. The molecule has 4 aromatic rings. The van der Waals surface area contributed by atoms with Crippen molar-refractivity contribution in [2.24, 2.45) is 5.14 Å². The molecule has 11 heteroatoms. The van der Waals surface area contributed by atoms with Crippen LogP contribution in [0, 0.1) is 12.7 Å². The zero-order valence-electron chi connectivity index (χ0n) is 16.6. The minimum atomic E-state index is -3.75. The summed E-state index contributed by atoms with van der Waals surface area (Å²) in [5.41, 5.74) is 5.94. The first-order valence-electron chi connectivity index (χ1n) is 9.64. The molecule has 0 unspecified atom stereocenters. The molecule has 1 aliphatic rings. The summed E-state index contributed by atoms with van der Waals surface area (Å²) < 4.78 is 41.3. The van der Waals surface area contributed by atoms with Gasteiger partial charge in [-0.2, -0.15) is 17.8 Å². The minimum Gasteiger partial charge on any atom is -0.267 e. The number of hydrogen-bond acceptors (Lipinski definition) is 6. The largest absolute Gasteiger partial charge is 0.276 e. The Balaban J connectivity index is 1.62. The van der Waals surface area contributed by atoms with Gasteiger partial charge in [-0.15, -0.1) is 11.3 Å². The molecule has 0 bridgehead atoms. The van der Waals surface area contributed by atoms with Gasteiger partial charge < -0.3 is 0 Å². The second kappa shape index (κ2) is 7.45. The van der Waals surface area contributed by atoms with E-state index in [1.165, 1.54) is 10.4 Å². The van der Waals surface area contributed by atoms with Crippen molar-refractivity contribution in [1.82, 2.24) is 24.1 Å². The van der Waals surface area contributed by atoms with Gasteiger partial charge in [-0.3, -0.25) is 4.68 Å². The Labute approximate surface area is 182 Å². The van der Waals surface area contributed by atoms with Gasteiger partial charge in [0.1, 0.15) is 11.5 Å². The fourth-order valence-corrected chi connectivity index (χ4v) is 5.29. The normalized spacial score (nSPS) is 17.6. The van der Waals surface area contributed by atoms with Gasteiger partial charge in [-0.1, -0.05) is 6.07 Å². The summed E-state index contributed by atoms with van der Waals surface area (Å²) in [7, 11) is -3.75. The van der Waals surface area contributed by atoms with E-state index >= 15 is 0 Å². The first-order chi connectivity index (χ1) is 14.8. The standard InChI is InChI=1S/C20H19FN6O2S2/c1-12-16(21)3-5-18(24-12)20-15(13-2-4-17-19(8-13)30-11-23-17)10-27(25-20)14-6-7-26(9-14)31(22,28)29/h2-5,8,10-11,14H,6-7,9H2,1H3,(H2,22,28,29)/t14-/m1/s1. The molecule has 1 saturated heterocycles. The van der Waals surface area contributed by atoms with Crippen LogP contribution in [-0.4, -0.2) is 45.6 Å². The Morgan fingerprint density at radius 3 is 2.84 bits per heavy atom. The Morgan fingerprint density at radius 1 is 1.26 bits per heavy atom. The summed E-state index contributed by atoms with van der Waals surface area (Å²) in [4.78, 5) is 8.71. The molecule has 0 aliphatic carbocycles. The highest BCUT2D eigenvalue weighted by Crippen LogP contribution is 2.35. The van der Waals surface area contributed by atoms with Crippen LogP contribution in [0.2, 0.25) is 0 Å². The first-order valence-corrected chi connectivity index (χ1v) is 12.0. The van der Waals surface area contributed by atoms with E-state index in [4.69, 9.17) is 10.2 Å². The van der Waals surface area contributed by atoms with Crippen molar-refractivity contribution < 1.29 is 12.8 Å². The van der Waals surface area contributed by atoms with Crippen molar-refractivity contribution in [2.45, 2.75) is 19.4 Å². The highest BCUT2D eigenvalue weighted by Gasteiger charge is 2.31. The maximum absolute atomic E-state index is 13.8. The van der Waals surface area contributed by atoms with Gasteiger partial charge in [0, 0.05) is 24.8 Å². The van der Waals surface area contributed by atoms with Crippen LogP contribution in [0.1, 0.15) is 18.2 Å². The first kappa shape index (κ1) is 20.2. The van der Waals surface area contributed by atoms with Gasteiger partial charge >= 0.3 is 0 Å². The number of hydrogen-bond donors (Lipinski definition) is 1. The molecule has 3 aromatic heterocycles. The van der Waals surface area contributed by atoms with Crippen LogP contribution in [0.5, 0.6) is 0 Å². The molecular weight excluding hydrogens is 439 g/mol. The maximum atomic E-state index is 13.8. The number of pyridine rings is 1. The van der Waals surface area contributed by atoms with Crippen LogP contribution < -0.4 is 5.14 Å². The Bertz CT molecular complexity index is 1400. The minimum absolute atomic E-state index is 0.153. The highest BCUT2D eigenvalue weighted by molar-refractivity contribution is 7.86. The van der Waals surface area contributed by atoms with Crippen LogP contribution in [-0.2, 0) is 10.2 Å². The summed E-state index contributed by atoms with van der Waals surface area (Å²) in [5.74, 6) is -0.379. The number of thiazole rings is 1. The molecule has 1 fully saturated rings. The zero-order valence-corrected chi connectivity index (χ0v) is 18.2. The summed E-state index contributed by atoms with van der Waals surface area (Å²) in [6, 6.07) is 8.79. The molecule has 0 amide bonds. The predicted octanol–water partition coefficient (Wildman–Crippen LogP) is 3.12. The Hall–Kier alpha value is -2.73. The quantitative estimate of drug-likeness (QED) is 0.506. The number of halogens is 1. The van der Waals surface area contributed by atoms with E-state index in [0.717, 1.165) is 21.3 Å². The van der Waals surface area contributed by atoms with Crippen molar-refractivity contribution in [1.29, 1.82) is 0 Å². The molecule has 8 nitrogen and oxygen atoms in total. The molecule has 160 valence electrons. The van der Waals surface area contributed by atoms with Crippen LogP contribution >= 0.6 is 11.3 Å². The molecule has 0 saturated carbocycles. The fraction of sp³-hybridized carbons (Fsp3) is 0.250.